The molecule has 0 saturated carbocycles. The molecule has 0 aromatic carbocycles. The molecule has 0 aromatic heterocycles. The molecule has 7 heteroatoms. The van der Waals surface area contributed by atoms with Crippen LogP contribution in [0.3, 0.4) is 0 Å². The number of carbonyl (C=O) groups excluding carboxylic acids is 2. The molecule has 0 unspecified atom stereocenters. The monoisotopic (exact) mass is 262 g/mol. The van der Waals surface area contributed by atoms with E-state index in [9.17, 15) is 22.8 Å². The van der Waals surface area contributed by atoms with Gasteiger partial charge in [-0.3, -0.25) is 9.59 Å². The number of ketones is 1. The average molecular weight is 263 g/mol. The van der Waals surface area contributed by atoms with Gasteiger partial charge in [0, 0.05) is 0 Å². The molecule has 0 rings (SSSR count). The number of ether oxygens (including phenoxy) is 1. The lowest BCUT2D eigenvalue weighted by atomic mass is 10.3. The maximum Gasteiger partial charge on any atom is 0.451 e. The summed E-state index contributed by atoms with van der Waals surface area (Å²) in [5.74, 6) is -3.39. The van der Waals surface area contributed by atoms with Crippen LogP contribution in [0.2, 0.25) is 0 Å². The zero-order chi connectivity index (χ0) is 10.6. The molecule has 0 spiro atoms. The first-order chi connectivity index (χ1) is 5.80. The Labute approximate surface area is 80.4 Å². The van der Waals surface area contributed by atoms with Gasteiger partial charge in [-0.15, -0.1) is 0 Å². The molecule has 0 bridgehead atoms. The van der Waals surface area contributed by atoms with Gasteiger partial charge in [0.05, 0.1) is 6.61 Å². The van der Waals surface area contributed by atoms with Gasteiger partial charge in [0.25, 0.3) is 5.78 Å². The lowest BCUT2D eigenvalue weighted by Gasteiger charge is -2.09. The van der Waals surface area contributed by atoms with Crippen molar-refractivity contribution in [3.8, 4) is 0 Å². The van der Waals surface area contributed by atoms with E-state index in [1.807, 2.05) is 0 Å². The molecule has 0 aliphatic rings. The number of rotatable bonds is 3. The largest absolute Gasteiger partial charge is 0.465 e. The van der Waals surface area contributed by atoms with Crippen LogP contribution in [0, 0.1) is 0 Å². The number of hydrogen-bond acceptors (Lipinski definition) is 3. The highest BCUT2D eigenvalue weighted by Gasteiger charge is 2.45. The summed E-state index contributed by atoms with van der Waals surface area (Å²) in [7, 11) is 0. The SMILES string of the molecule is CCOC(=O)[C@@H](Br)C(=O)C(F)(F)F. The highest BCUT2D eigenvalue weighted by molar-refractivity contribution is 9.10. The lowest BCUT2D eigenvalue weighted by molar-refractivity contribution is -0.173. The summed E-state index contributed by atoms with van der Waals surface area (Å²) in [6, 6.07) is 0. The predicted octanol–water partition coefficient (Wildman–Crippen LogP) is 1.44. The van der Waals surface area contributed by atoms with Crippen LogP contribution in [0.5, 0.6) is 0 Å². The highest BCUT2D eigenvalue weighted by atomic mass is 79.9. The molecule has 3 nitrogen and oxygen atoms in total. The molecule has 0 N–H and O–H groups in total. The molecular formula is C6H6BrF3O3. The Morgan fingerprint density at radius 2 is 1.92 bits per heavy atom. The molecule has 0 radical (unpaired) electrons. The third kappa shape index (κ3) is 3.75. The summed E-state index contributed by atoms with van der Waals surface area (Å²) < 4.78 is 39.4. The van der Waals surface area contributed by atoms with Gasteiger partial charge in [-0.25, -0.2) is 0 Å². The number of Topliss-reactive ketones (excluding diaryl/α,β-unsaturated/α-hetero) is 1. The van der Waals surface area contributed by atoms with Gasteiger partial charge >= 0.3 is 12.1 Å². The van der Waals surface area contributed by atoms with Crippen molar-refractivity contribution in [1.29, 1.82) is 0 Å². The number of carbonyl (C=O) groups is 2. The first-order valence-corrected chi connectivity index (χ1v) is 4.14. The topological polar surface area (TPSA) is 43.4 Å². The first kappa shape index (κ1) is 12.4. The van der Waals surface area contributed by atoms with E-state index in [0.717, 1.165) is 0 Å². The Morgan fingerprint density at radius 1 is 1.46 bits per heavy atom. The second-order valence-electron chi connectivity index (χ2n) is 1.98. The predicted molar refractivity (Wildman–Crippen MR) is 40.4 cm³/mol. The Balaban J connectivity index is 4.35. The average Bonchev–Trinajstić information content (AvgIpc) is 2.00. The standard InChI is InChI=1S/C6H6BrF3O3/c1-2-13-5(12)3(7)4(11)6(8,9)10/h3H,2H2,1H3/t3-/m0/s1. The Bertz CT molecular complexity index is 214. The Kier molecular flexibility index (Phi) is 4.38. The summed E-state index contributed by atoms with van der Waals surface area (Å²) in [6.07, 6.45) is -5.03. The number of hydrogen-bond donors (Lipinski definition) is 0. The van der Waals surface area contributed by atoms with Crippen molar-refractivity contribution in [3.05, 3.63) is 0 Å². The molecule has 0 aliphatic carbocycles. The van der Waals surface area contributed by atoms with E-state index < -0.39 is 22.8 Å². The molecular weight excluding hydrogens is 257 g/mol. The van der Waals surface area contributed by atoms with E-state index in [2.05, 4.69) is 20.7 Å². The van der Waals surface area contributed by atoms with Gasteiger partial charge < -0.3 is 4.74 Å². The Hall–Kier alpha value is -0.590. The van der Waals surface area contributed by atoms with Gasteiger partial charge in [-0.1, -0.05) is 15.9 Å². The van der Waals surface area contributed by atoms with Crippen LogP contribution in [-0.4, -0.2) is 29.4 Å². The molecule has 0 saturated heterocycles. The molecule has 0 amide bonds. The van der Waals surface area contributed by atoms with Gasteiger partial charge in [0.15, 0.2) is 4.83 Å². The third-order valence-corrected chi connectivity index (χ3v) is 1.79. The molecule has 1 atom stereocenters. The number of alkyl halides is 4. The lowest BCUT2D eigenvalue weighted by Crippen LogP contribution is -2.36. The summed E-state index contributed by atoms with van der Waals surface area (Å²) in [5, 5.41) is 0. The second kappa shape index (κ2) is 4.59. The van der Waals surface area contributed by atoms with Crippen LogP contribution >= 0.6 is 15.9 Å². The molecule has 13 heavy (non-hydrogen) atoms. The van der Waals surface area contributed by atoms with E-state index in [1.165, 1.54) is 6.92 Å². The minimum Gasteiger partial charge on any atom is -0.465 e. The van der Waals surface area contributed by atoms with Gasteiger partial charge in [0.2, 0.25) is 0 Å². The number of esters is 1. The highest BCUT2D eigenvalue weighted by Crippen LogP contribution is 2.21. The van der Waals surface area contributed by atoms with Crippen molar-refractivity contribution in [3.63, 3.8) is 0 Å². The van der Waals surface area contributed by atoms with E-state index in [0.29, 0.717) is 0 Å². The van der Waals surface area contributed by atoms with E-state index >= 15 is 0 Å². The summed E-state index contributed by atoms with van der Waals surface area (Å²) >= 11 is 2.30. The minimum atomic E-state index is -5.03. The maximum absolute atomic E-state index is 11.7. The van der Waals surface area contributed by atoms with Gasteiger partial charge in [0.1, 0.15) is 0 Å². The van der Waals surface area contributed by atoms with Crippen LogP contribution < -0.4 is 0 Å². The summed E-state index contributed by atoms with van der Waals surface area (Å²) in [5.41, 5.74) is 0. The quantitative estimate of drug-likeness (QED) is 0.439. The smallest absolute Gasteiger partial charge is 0.451 e. The van der Waals surface area contributed by atoms with E-state index in [-0.39, 0.29) is 6.61 Å². The van der Waals surface area contributed by atoms with Crippen molar-refractivity contribution in [2.75, 3.05) is 6.61 Å². The van der Waals surface area contributed by atoms with Gasteiger partial charge in [-0.2, -0.15) is 13.2 Å². The normalized spacial score (nSPS) is 13.6. The maximum atomic E-state index is 11.7. The fourth-order valence-electron chi connectivity index (χ4n) is 0.466. The van der Waals surface area contributed by atoms with Crippen LogP contribution in [0.4, 0.5) is 13.2 Å². The first-order valence-electron chi connectivity index (χ1n) is 3.22. The fraction of sp³-hybridized carbons (Fsp3) is 0.667. The van der Waals surface area contributed by atoms with Crippen molar-refractivity contribution in [2.24, 2.45) is 0 Å². The molecule has 0 heterocycles. The zero-order valence-electron chi connectivity index (χ0n) is 6.52. The van der Waals surface area contributed by atoms with Crippen LogP contribution in [-0.2, 0) is 14.3 Å². The molecule has 0 aliphatic heterocycles. The molecule has 0 fully saturated rings. The van der Waals surface area contributed by atoms with Crippen LogP contribution in [0.25, 0.3) is 0 Å². The zero-order valence-corrected chi connectivity index (χ0v) is 8.11. The minimum absolute atomic E-state index is 0.0773. The van der Waals surface area contributed by atoms with E-state index in [1.54, 1.807) is 0 Å². The van der Waals surface area contributed by atoms with E-state index in [4.69, 9.17) is 0 Å². The van der Waals surface area contributed by atoms with Crippen LogP contribution in [0.15, 0.2) is 0 Å². The molecule has 76 valence electrons. The number of halogens is 4. The molecule has 0 aromatic rings. The summed E-state index contributed by atoms with van der Waals surface area (Å²) in [4.78, 5) is 19.1. The van der Waals surface area contributed by atoms with Crippen molar-refractivity contribution in [2.45, 2.75) is 17.9 Å². The van der Waals surface area contributed by atoms with Crippen molar-refractivity contribution >= 4 is 27.7 Å². The van der Waals surface area contributed by atoms with Crippen molar-refractivity contribution in [1.82, 2.24) is 0 Å². The fourth-order valence-corrected chi connectivity index (χ4v) is 0.858. The summed E-state index contributed by atoms with van der Waals surface area (Å²) in [6.45, 7) is 1.35. The van der Waals surface area contributed by atoms with Crippen molar-refractivity contribution < 1.29 is 27.5 Å². The van der Waals surface area contributed by atoms with Crippen LogP contribution in [0.1, 0.15) is 6.92 Å². The van der Waals surface area contributed by atoms with Gasteiger partial charge in [-0.05, 0) is 6.92 Å². The Morgan fingerprint density at radius 3 is 2.23 bits per heavy atom. The third-order valence-electron chi connectivity index (χ3n) is 1.00. The second-order valence-corrected chi connectivity index (χ2v) is 2.89.